The van der Waals surface area contributed by atoms with E-state index in [1.807, 2.05) is 19.9 Å². The molecule has 3 amide bonds. The monoisotopic (exact) mass is 620 g/mol. The summed E-state index contributed by atoms with van der Waals surface area (Å²) in [6, 6.07) is 5.91. The van der Waals surface area contributed by atoms with Gasteiger partial charge in [-0.05, 0) is 62.5 Å². The second-order valence-corrected chi connectivity index (χ2v) is 12.5. The number of morpholine rings is 1. The molecule has 2 rings (SSSR count). The van der Waals surface area contributed by atoms with Crippen LogP contribution in [0.4, 0.5) is 0 Å². The Labute approximate surface area is 263 Å². The van der Waals surface area contributed by atoms with E-state index in [0.29, 0.717) is 63.8 Å². The van der Waals surface area contributed by atoms with Crippen molar-refractivity contribution >= 4 is 17.7 Å². The molecule has 5 atom stereocenters. The Hall–Kier alpha value is -2.73. The van der Waals surface area contributed by atoms with Crippen LogP contribution in [0.15, 0.2) is 24.3 Å². The molecule has 0 saturated carbocycles. The van der Waals surface area contributed by atoms with Crippen LogP contribution in [0.5, 0.6) is 5.75 Å². The third-order valence-corrected chi connectivity index (χ3v) is 8.36. The van der Waals surface area contributed by atoms with Crippen LogP contribution in [0.2, 0.25) is 0 Å². The number of ether oxygens (including phenoxy) is 3. The molecule has 11 nitrogen and oxygen atoms in total. The fourth-order valence-electron chi connectivity index (χ4n) is 5.28. The van der Waals surface area contributed by atoms with Crippen molar-refractivity contribution < 1.29 is 33.7 Å². The fraction of sp³-hybridized carbons (Fsp3) is 0.727. The number of nitrogens with two attached hydrogens (primary N) is 1. The van der Waals surface area contributed by atoms with Crippen LogP contribution in [-0.2, 0) is 19.1 Å². The molecule has 1 aromatic rings. The molecule has 1 aromatic carbocycles. The summed E-state index contributed by atoms with van der Waals surface area (Å²) >= 11 is 0. The molecule has 1 aliphatic rings. The molecular formula is C33H56N4O7. The minimum absolute atomic E-state index is 0.00298. The van der Waals surface area contributed by atoms with Gasteiger partial charge in [-0.3, -0.25) is 14.4 Å². The van der Waals surface area contributed by atoms with Crippen molar-refractivity contribution in [3.8, 4) is 5.75 Å². The molecule has 250 valence electrons. The Morgan fingerprint density at radius 2 is 1.66 bits per heavy atom. The first-order chi connectivity index (χ1) is 21.0. The zero-order chi connectivity index (χ0) is 32.6. The van der Waals surface area contributed by atoms with E-state index >= 15 is 0 Å². The number of aliphatic hydroxyl groups excluding tert-OH is 1. The van der Waals surface area contributed by atoms with Gasteiger partial charge in [0.2, 0.25) is 11.8 Å². The summed E-state index contributed by atoms with van der Waals surface area (Å²) in [6.45, 7) is 13.2. The number of carbonyl (C=O) groups is 3. The molecule has 44 heavy (non-hydrogen) atoms. The highest BCUT2D eigenvalue weighted by molar-refractivity contribution is 5.96. The van der Waals surface area contributed by atoms with Crippen LogP contribution < -0.4 is 21.1 Å². The average molecular weight is 621 g/mol. The van der Waals surface area contributed by atoms with Gasteiger partial charge in [-0.2, -0.15) is 0 Å². The lowest BCUT2D eigenvalue weighted by Gasteiger charge is -2.32. The van der Waals surface area contributed by atoms with Crippen LogP contribution in [0.1, 0.15) is 70.7 Å². The molecule has 0 radical (unpaired) electrons. The largest absolute Gasteiger partial charge is 0.493 e. The molecule has 0 unspecified atom stereocenters. The lowest BCUT2D eigenvalue weighted by molar-refractivity contribution is -0.140. The molecule has 0 aliphatic carbocycles. The Morgan fingerprint density at radius 1 is 1.00 bits per heavy atom. The van der Waals surface area contributed by atoms with E-state index in [2.05, 4.69) is 24.5 Å². The van der Waals surface area contributed by atoms with Crippen LogP contribution in [0.3, 0.4) is 0 Å². The molecule has 0 aromatic heterocycles. The van der Waals surface area contributed by atoms with Crippen LogP contribution in [0, 0.1) is 23.7 Å². The number of hydrogen-bond acceptors (Lipinski definition) is 8. The number of nitrogens with zero attached hydrogens (tertiary/aromatic N) is 1. The van der Waals surface area contributed by atoms with Gasteiger partial charge in [-0.1, -0.05) is 39.8 Å². The van der Waals surface area contributed by atoms with Crippen molar-refractivity contribution in [1.29, 1.82) is 0 Å². The number of amides is 3. The summed E-state index contributed by atoms with van der Waals surface area (Å²) in [6.07, 6.45) is 1.42. The van der Waals surface area contributed by atoms with E-state index in [-0.39, 0.29) is 41.9 Å². The number of carbonyl (C=O) groups excluding carboxylic acids is 3. The van der Waals surface area contributed by atoms with Crippen molar-refractivity contribution in [2.24, 2.45) is 29.4 Å². The normalized spacial score (nSPS) is 17.1. The number of methoxy groups -OCH3 is 1. The summed E-state index contributed by atoms with van der Waals surface area (Å²) in [7, 11) is 1.67. The molecule has 5 N–H and O–H groups in total. The zero-order valence-corrected chi connectivity index (χ0v) is 27.6. The summed E-state index contributed by atoms with van der Waals surface area (Å²) in [5, 5.41) is 17.0. The van der Waals surface area contributed by atoms with Crippen molar-refractivity contribution in [2.75, 3.05) is 53.2 Å². The SMILES string of the molecule is COCCCCOc1ccccc1C(=O)NC[C@@H](C[C@H](N)[C@@H](O)C[C@H](C(=O)N[C@@H](C)C(=O)N1CCOCC1)C(C)C)C(C)C. The maximum absolute atomic E-state index is 13.2. The second-order valence-electron chi connectivity index (χ2n) is 12.5. The van der Waals surface area contributed by atoms with Crippen molar-refractivity contribution in [3.05, 3.63) is 29.8 Å². The summed E-state index contributed by atoms with van der Waals surface area (Å²) < 4.78 is 16.3. The Balaban J connectivity index is 1.93. The van der Waals surface area contributed by atoms with E-state index in [0.717, 1.165) is 12.8 Å². The fourth-order valence-corrected chi connectivity index (χ4v) is 5.28. The first-order valence-electron chi connectivity index (χ1n) is 16.1. The lowest BCUT2D eigenvalue weighted by atomic mass is 9.83. The third-order valence-electron chi connectivity index (χ3n) is 8.36. The molecule has 0 spiro atoms. The molecule has 0 bridgehead atoms. The van der Waals surface area contributed by atoms with E-state index in [1.165, 1.54) is 0 Å². The number of rotatable bonds is 19. The van der Waals surface area contributed by atoms with Gasteiger partial charge in [-0.25, -0.2) is 0 Å². The number of hydrogen-bond donors (Lipinski definition) is 4. The number of unbranched alkanes of at least 4 members (excludes halogenated alkanes) is 1. The van der Waals surface area contributed by atoms with Crippen LogP contribution in [-0.4, -0.2) is 99.1 Å². The van der Waals surface area contributed by atoms with Crippen LogP contribution >= 0.6 is 0 Å². The van der Waals surface area contributed by atoms with Crippen LogP contribution in [0.25, 0.3) is 0 Å². The van der Waals surface area contributed by atoms with Gasteiger partial charge in [0.1, 0.15) is 11.8 Å². The summed E-state index contributed by atoms with van der Waals surface area (Å²) in [5.74, 6) is -0.485. The van der Waals surface area contributed by atoms with Gasteiger partial charge >= 0.3 is 0 Å². The third kappa shape index (κ3) is 12.3. The maximum atomic E-state index is 13.2. The molecule has 1 heterocycles. The highest BCUT2D eigenvalue weighted by Crippen LogP contribution is 2.24. The van der Waals surface area contributed by atoms with E-state index < -0.39 is 24.1 Å². The van der Waals surface area contributed by atoms with Gasteiger partial charge in [0.05, 0.1) is 31.5 Å². The number of benzene rings is 1. The lowest BCUT2D eigenvalue weighted by Crippen LogP contribution is -2.52. The van der Waals surface area contributed by atoms with Gasteiger partial charge < -0.3 is 40.6 Å². The Morgan fingerprint density at radius 3 is 2.30 bits per heavy atom. The molecule has 1 aliphatic heterocycles. The van der Waals surface area contributed by atoms with Crippen molar-refractivity contribution in [1.82, 2.24) is 15.5 Å². The molecule has 11 heteroatoms. The number of para-hydroxylation sites is 1. The minimum atomic E-state index is -0.928. The summed E-state index contributed by atoms with van der Waals surface area (Å²) in [4.78, 5) is 40.8. The highest BCUT2D eigenvalue weighted by atomic mass is 16.5. The van der Waals surface area contributed by atoms with Gasteiger partial charge in [0, 0.05) is 45.3 Å². The molecule has 1 saturated heterocycles. The maximum Gasteiger partial charge on any atom is 0.255 e. The Bertz CT molecular complexity index is 1020. The van der Waals surface area contributed by atoms with E-state index in [4.69, 9.17) is 19.9 Å². The van der Waals surface area contributed by atoms with Crippen molar-refractivity contribution in [3.63, 3.8) is 0 Å². The zero-order valence-electron chi connectivity index (χ0n) is 27.6. The number of aliphatic hydroxyl groups is 1. The second kappa shape index (κ2) is 19.6. The van der Waals surface area contributed by atoms with Gasteiger partial charge in [0.25, 0.3) is 5.91 Å². The predicted octanol–water partition coefficient (Wildman–Crippen LogP) is 2.60. The quantitative estimate of drug-likeness (QED) is 0.172. The minimum Gasteiger partial charge on any atom is -0.493 e. The average Bonchev–Trinajstić information content (AvgIpc) is 3.01. The molecular weight excluding hydrogens is 564 g/mol. The molecule has 1 fully saturated rings. The van der Waals surface area contributed by atoms with Gasteiger partial charge in [-0.15, -0.1) is 0 Å². The first kappa shape index (κ1) is 37.5. The Kier molecular flexibility index (Phi) is 16.7. The predicted molar refractivity (Wildman–Crippen MR) is 170 cm³/mol. The van der Waals surface area contributed by atoms with E-state index in [1.54, 1.807) is 37.1 Å². The topological polar surface area (TPSA) is 152 Å². The number of nitrogens with one attached hydrogen (secondary N) is 2. The smallest absolute Gasteiger partial charge is 0.255 e. The first-order valence-corrected chi connectivity index (χ1v) is 16.1. The van der Waals surface area contributed by atoms with E-state index in [9.17, 15) is 19.5 Å². The van der Waals surface area contributed by atoms with Gasteiger partial charge in [0.15, 0.2) is 0 Å². The highest BCUT2D eigenvalue weighted by Gasteiger charge is 2.32. The summed E-state index contributed by atoms with van der Waals surface area (Å²) in [5.41, 5.74) is 6.96. The standard InChI is InChI=1S/C33H56N4O7/c1-22(2)25(21-35-31(39)26-11-7-8-12-30(26)44-16-10-9-15-42-6)19-28(34)29(38)20-27(23(3)4)32(40)36-24(5)33(41)37-13-17-43-18-14-37/h7-8,11-12,22-25,27-29,38H,9-10,13-21,34H2,1-6H3,(H,35,39)(H,36,40)/t24-,25+,27-,28-,29-/m0/s1. The van der Waals surface area contributed by atoms with Crippen molar-refractivity contribution in [2.45, 2.75) is 78.5 Å².